The van der Waals surface area contributed by atoms with Crippen LogP contribution in [0.5, 0.6) is 0 Å². The van der Waals surface area contributed by atoms with Gasteiger partial charge in [-0.3, -0.25) is 0 Å². The zero-order valence-electron chi connectivity index (χ0n) is 11.6. The van der Waals surface area contributed by atoms with E-state index in [4.69, 9.17) is 0 Å². The lowest BCUT2D eigenvalue weighted by molar-refractivity contribution is 0.581. The van der Waals surface area contributed by atoms with E-state index in [1.54, 1.807) is 19.2 Å². The molecule has 0 spiro atoms. The number of sulfone groups is 1. The van der Waals surface area contributed by atoms with Crippen LogP contribution in [-0.4, -0.2) is 18.0 Å². The van der Waals surface area contributed by atoms with Crippen LogP contribution < -0.4 is 0 Å². The molecule has 5 heteroatoms. The molecule has 2 aromatic rings. The molecule has 0 atom stereocenters. The van der Waals surface area contributed by atoms with Crippen LogP contribution >= 0.6 is 0 Å². The first kappa shape index (κ1) is 13.8. The maximum atomic E-state index is 12.4. The Morgan fingerprint density at radius 1 is 1.11 bits per heavy atom. The summed E-state index contributed by atoms with van der Waals surface area (Å²) in [5.74, 6) is 0. The van der Waals surface area contributed by atoms with Crippen LogP contribution in [0.3, 0.4) is 0 Å². The Bertz CT molecular complexity index is 677. The highest BCUT2D eigenvalue weighted by Gasteiger charge is 2.22. The van der Waals surface area contributed by atoms with Crippen molar-refractivity contribution < 1.29 is 8.42 Å². The van der Waals surface area contributed by atoms with Gasteiger partial charge in [0.15, 0.2) is 5.03 Å². The fourth-order valence-corrected chi connectivity index (χ4v) is 3.22. The largest absolute Gasteiger partial charge is 0.325 e. The van der Waals surface area contributed by atoms with Crippen LogP contribution in [0.1, 0.15) is 26.3 Å². The Hall–Kier alpha value is -1.62. The topological polar surface area (TPSA) is 52.0 Å². The average Bonchev–Trinajstić information content (AvgIpc) is 2.75. The van der Waals surface area contributed by atoms with Crippen molar-refractivity contribution in [3.05, 3.63) is 42.4 Å². The van der Waals surface area contributed by atoms with Gasteiger partial charge in [-0.1, -0.05) is 32.9 Å². The Kier molecular flexibility index (Phi) is 3.26. The summed E-state index contributed by atoms with van der Waals surface area (Å²) in [5, 5.41) is 0.205. The molecule has 1 heterocycles. The first-order chi connectivity index (χ1) is 8.73. The van der Waals surface area contributed by atoms with Crippen molar-refractivity contribution in [1.29, 1.82) is 0 Å². The third-order valence-electron chi connectivity index (χ3n) is 3.08. The lowest BCUT2D eigenvalue weighted by Crippen LogP contribution is -2.12. The van der Waals surface area contributed by atoms with Crippen molar-refractivity contribution in [3.63, 3.8) is 0 Å². The van der Waals surface area contributed by atoms with Gasteiger partial charge in [-0.2, -0.15) is 0 Å². The number of aromatic nitrogens is 2. The molecule has 102 valence electrons. The Morgan fingerprint density at radius 2 is 1.68 bits per heavy atom. The molecule has 0 N–H and O–H groups in total. The number of hydrogen-bond acceptors (Lipinski definition) is 3. The summed E-state index contributed by atoms with van der Waals surface area (Å²) >= 11 is 0. The highest BCUT2D eigenvalue weighted by Crippen LogP contribution is 2.25. The van der Waals surface area contributed by atoms with E-state index in [2.05, 4.69) is 25.8 Å². The Morgan fingerprint density at radius 3 is 2.11 bits per heavy atom. The van der Waals surface area contributed by atoms with E-state index in [1.165, 1.54) is 17.1 Å². The first-order valence-corrected chi connectivity index (χ1v) is 7.53. The van der Waals surface area contributed by atoms with Crippen molar-refractivity contribution in [2.45, 2.75) is 36.1 Å². The molecule has 0 saturated carbocycles. The fourth-order valence-electron chi connectivity index (χ4n) is 1.86. The molecule has 0 fully saturated rings. The maximum absolute atomic E-state index is 12.4. The molecule has 0 unspecified atom stereocenters. The van der Waals surface area contributed by atoms with Gasteiger partial charge in [-0.25, -0.2) is 13.4 Å². The molecule has 0 aliphatic rings. The summed E-state index contributed by atoms with van der Waals surface area (Å²) in [7, 11) is -1.82. The van der Waals surface area contributed by atoms with Crippen molar-refractivity contribution >= 4 is 9.84 Å². The van der Waals surface area contributed by atoms with Gasteiger partial charge in [0.1, 0.15) is 0 Å². The number of imidazole rings is 1. The second-order valence-corrected chi connectivity index (χ2v) is 7.52. The molecule has 0 aliphatic heterocycles. The molecule has 1 aromatic carbocycles. The molecule has 0 bridgehead atoms. The normalized spacial score (nSPS) is 12.6. The average molecular weight is 278 g/mol. The summed E-state index contributed by atoms with van der Waals surface area (Å²) < 4.78 is 26.3. The molecule has 0 saturated heterocycles. The molecule has 2 rings (SSSR count). The van der Waals surface area contributed by atoms with Gasteiger partial charge >= 0.3 is 0 Å². The van der Waals surface area contributed by atoms with Gasteiger partial charge in [0.05, 0.1) is 17.4 Å². The summed E-state index contributed by atoms with van der Waals surface area (Å²) in [6.07, 6.45) is 2.85. The smallest absolute Gasteiger partial charge is 0.223 e. The third-order valence-corrected chi connectivity index (χ3v) is 4.92. The van der Waals surface area contributed by atoms with Crippen LogP contribution in [0, 0.1) is 0 Å². The minimum Gasteiger partial charge on any atom is -0.325 e. The van der Waals surface area contributed by atoms with Gasteiger partial charge in [0, 0.05) is 7.05 Å². The minimum atomic E-state index is -3.49. The summed E-state index contributed by atoms with van der Waals surface area (Å²) in [5.41, 5.74) is 1.12. The van der Waals surface area contributed by atoms with Gasteiger partial charge in [-0.15, -0.1) is 0 Å². The van der Waals surface area contributed by atoms with Gasteiger partial charge in [0.25, 0.3) is 0 Å². The van der Waals surface area contributed by atoms with Gasteiger partial charge < -0.3 is 4.57 Å². The van der Waals surface area contributed by atoms with Crippen molar-refractivity contribution in [2.75, 3.05) is 0 Å². The van der Waals surface area contributed by atoms with Crippen molar-refractivity contribution in [2.24, 2.45) is 7.05 Å². The van der Waals surface area contributed by atoms with Crippen molar-refractivity contribution in [3.8, 4) is 0 Å². The number of benzene rings is 1. The van der Waals surface area contributed by atoms with Gasteiger partial charge in [0.2, 0.25) is 9.84 Å². The Balaban J connectivity index is 2.46. The minimum absolute atomic E-state index is 0.00875. The van der Waals surface area contributed by atoms with Crippen LogP contribution in [0.15, 0.2) is 46.7 Å². The van der Waals surface area contributed by atoms with E-state index >= 15 is 0 Å². The molecular weight excluding hydrogens is 260 g/mol. The highest BCUT2D eigenvalue weighted by atomic mass is 32.2. The molecular formula is C14H18N2O2S. The lowest BCUT2D eigenvalue weighted by atomic mass is 9.87. The zero-order valence-corrected chi connectivity index (χ0v) is 12.4. The predicted octanol–water partition coefficient (Wildman–Crippen LogP) is 2.55. The molecule has 19 heavy (non-hydrogen) atoms. The van der Waals surface area contributed by atoms with Gasteiger partial charge in [-0.05, 0) is 23.1 Å². The van der Waals surface area contributed by atoms with E-state index in [9.17, 15) is 8.42 Å². The van der Waals surface area contributed by atoms with E-state index in [-0.39, 0.29) is 10.4 Å². The second kappa shape index (κ2) is 4.49. The molecule has 1 aromatic heterocycles. The first-order valence-electron chi connectivity index (χ1n) is 6.05. The number of rotatable bonds is 2. The van der Waals surface area contributed by atoms with E-state index in [0.29, 0.717) is 4.90 Å². The lowest BCUT2D eigenvalue weighted by Gasteiger charge is -2.19. The molecule has 0 amide bonds. The monoisotopic (exact) mass is 278 g/mol. The van der Waals surface area contributed by atoms with Crippen LogP contribution in [0.25, 0.3) is 0 Å². The van der Waals surface area contributed by atoms with E-state index in [0.717, 1.165) is 5.56 Å². The fraction of sp³-hybridized carbons (Fsp3) is 0.357. The van der Waals surface area contributed by atoms with E-state index < -0.39 is 9.84 Å². The number of nitrogens with zero attached hydrogens (tertiary/aromatic N) is 2. The van der Waals surface area contributed by atoms with E-state index in [1.807, 2.05) is 12.1 Å². The molecule has 4 nitrogen and oxygen atoms in total. The van der Waals surface area contributed by atoms with Crippen LogP contribution in [0.4, 0.5) is 0 Å². The van der Waals surface area contributed by atoms with Crippen LogP contribution in [-0.2, 0) is 22.3 Å². The van der Waals surface area contributed by atoms with Crippen LogP contribution in [0.2, 0.25) is 0 Å². The number of hydrogen-bond donors (Lipinski definition) is 0. The predicted molar refractivity (Wildman–Crippen MR) is 73.8 cm³/mol. The standard InChI is InChI=1S/C14H18N2O2S/c1-14(2,3)11-5-7-12(8-6-11)19(17,18)13-9-15-10-16(13)4/h5-10H,1-4H3. The SMILES string of the molecule is Cn1cncc1S(=O)(=O)c1ccc(C(C)(C)C)cc1. The summed E-state index contributed by atoms with van der Waals surface area (Å²) in [6.45, 7) is 6.28. The van der Waals surface area contributed by atoms with Crippen molar-refractivity contribution in [1.82, 2.24) is 9.55 Å². The molecule has 0 aliphatic carbocycles. The highest BCUT2D eigenvalue weighted by molar-refractivity contribution is 7.91. The summed E-state index contributed by atoms with van der Waals surface area (Å²) in [6, 6.07) is 7.04. The number of aryl methyl sites for hydroxylation is 1. The Labute approximate surface area is 114 Å². The summed E-state index contributed by atoms with van der Waals surface area (Å²) in [4.78, 5) is 4.15. The molecule has 0 radical (unpaired) electrons. The zero-order chi connectivity index (χ0) is 14.3. The second-order valence-electron chi connectivity index (χ2n) is 5.62. The maximum Gasteiger partial charge on any atom is 0.223 e. The quantitative estimate of drug-likeness (QED) is 0.848. The third kappa shape index (κ3) is 2.56.